The first kappa shape index (κ1) is 11.6. The number of benzene rings is 1. The molecule has 2 heteroatoms. The number of rotatable bonds is 0. The van der Waals surface area contributed by atoms with Gasteiger partial charge in [0, 0.05) is 0 Å². The van der Waals surface area contributed by atoms with Gasteiger partial charge in [-0.25, -0.2) is 0 Å². The molecule has 1 aliphatic rings. The third kappa shape index (κ3) is 2.28. The average molecular weight is 220 g/mol. The number of aliphatic hydroxyl groups excluding tert-OH is 1. The molecule has 0 aromatic heterocycles. The summed E-state index contributed by atoms with van der Waals surface area (Å²) in [5.41, 5.74) is 3.66. The lowest BCUT2D eigenvalue weighted by Crippen LogP contribution is -2.13. The smallest absolute Gasteiger partial charge is 0.103 e. The minimum atomic E-state index is -0.472. The molecule has 2 rings (SSSR count). The molecule has 1 aliphatic heterocycles. The van der Waals surface area contributed by atoms with E-state index < -0.39 is 6.10 Å². The number of aliphatic hydroxyl groups is 1. The van der Waals surface area contributed by atoms with E-state index in [9.17, 15) is 5.11 Å². The second-order valence-corrected chi connectivity index (χ2v) is 5.50. The monoisotopic (exact) mass is 220 g/mol. The molecule has 0 amide bonds. The molecule has 0 bridgehead atoms. The molecule has 1 aromatic rings. The maximum Gasteiger partial charge on any atom is 0.103 e. The highest BCUT2D eigenvalue weighted by atomic mass is 16.5. The lowest BCUT2D eigenvalue weighted by atomic mass is 9.84. The van der Waals surface area contributed by atoms with E-state index in [1.165, 1.54) is 11.1 Å². The van der Waals surface area contributed by atoms with E-state index in [1.807, 2.05) is 0 Å². The predicted molar refractivity (Wildman–Crippen MR) is 64.6 cm³/mol. The van der Waals surface area contributed by atoms with Crippen LogP contribution in [0.4, 0.5) is 0 Å². The zero-order chi connectivity index (χ0) is 11.8. The van der Waals surface area contributed by atoms with Crippen molar-refractivity contribution in [1.82, 2.24) is 0 Å². The standard InChI is InChI=1S/C14H20O2/c1-14(2,3)11-5-4-10-6-7-16-9-13(15)12(10)8-11/h4-5,8,13,15H,6-7,9H2,1-3H3. The van der Waals surface area contributed by atoms with Crippen molar-refractivity contribution in [3.8, 4) is 0 Å². The molecule has 0 aliphatic carbocycles. The average Bonchev–Trinajstić information content (AvgIpc) is 2.39. The molecule has 0 spiro atoms. The Morgan fingerprint density at radius 1 is 1.31 bits per heavy atom. The first-order chi connectivity index (χ1) is 7.48. The second-order valence-electron chi connectivity index (χ2n) is 5.50. The third-order valence-electron chi connectivity index (χ3n) is 3.16. The molecule has 0 radical (unpaired) electrons. The molecule has 88 valence electrons. The number of fused-ring (bicyclic) bond motifs is 1. The summed E-state index contributed by atoms with van der Waals surface area (Å²) in [6, 6.07) is 6.43. The molecule has 0 saturated heterocycles. The van der Waals surface area contributed by atoms with Crippen molar-refractivity contribution in [3.63, 3.8) is 0 Å². The van der Waals surface area contributed by atoms with E-state index >= 15 is 0 Å². The summed E-state index contributed by atoms with van der Waals surface area (Å²) < 4.78 is 5.36. The van der Waals surface area contributed by atoms with E-state index in [1.54, 1.807) is 0 Å². The van der Waals surface area contributed by atoms with Crippen molar-refractivity contribution in [3.05, 3.63) is 34.9 Å². The molecular formula is C14H20O2. The Morgan fingerprint density at radius 3 is 2.75 bits per heavy atom. The molecule has 1 aromatic carbocycles. The van der Waals surface area contributed by atoms with Crippen molar-refractivity contribution < 1.29 is 9.84 Å². The van der Waals surface area contributed by atoms with Gasteiger partial charge in [0.25, 0.3) is 0 Å². The van der Waals surface area contributed by atoms with Crippen molar-refractivity contribution in [1.29, 1.82) is 0 Å². The zero-order valence-corrected chi connectivity index (χ0v) is 10.3. The van der Waals surface area contributed by atoms with Crippen LogP contribution in [0.5, 0.6) is 0 Å². The van der Waals surface area contributed by atoms with Gasteiger partial charge in [-0.2, -0.15) is 0 Å². The number of hydrogen-bond donors (Lipinski definition) is 1. The van der Waals surface area contributed by atoms with Gasteiger partial charge in [-0.3, -0.25) is 0 Å². The predicted octanol–water partition coefficient (Wildman–Crippen LogP) is 2.59. The van der Waals surface area contributed by atoms with Gasteiger partial charge < -0.3 is 9.84 Å². The molecule has 1 heterocycles. The number of hydrogen-bond acceptors (Lipinski definition) is 2. The topological polar surface area (TPSA) is 29.5 Å². The summed E-state index contributed by atoms with van der Waals surface area (Å²) in [5, 5.41) is 10.0. The Labute approximate surface area is 97.3 Å². The van der Waals surface area contributed by atoms with Gasteiger partial charge in [-0.05, 0) is 28.5 Å². The van der Waals surface area contributed by atoms with Crippen LogP contribution >= 0.6 is 0 Å². The summed E-state index contributed by atoms with van der Waals surface area (Å²) in [7, 11) is 0. The molecule has 1 atom stereocenters. The maximum absolute atomic E-state index is 10.0. The first-order valence-electron chi connectivity index (χ1n) is 5.87. The lowest BCUT2D eigenvalue weighted by molar-refractivity contribution is 0.0451. The highest BCUT2D eigenvalue weighted by Crippen LogP contribution is 2.29. The Kier molecular flexibility index (Phi) is 3.04. The van der Waals surface area contributed by atoms with Gasteiger partial charge in [-0.15, -0.1) is 0 Å². The zero-order valence-electron chi connectivity index (χ0n) is 10.3. The van der Waals surface area contributed by atoms with Crippen molar-refractivity contribution >= 4 is 0 Å². The number of ether oxygens (including phenoxy) is 1. The second kappa shape index (κ2) is 4.19. The van der Waals surface area contributed by atoms with Gasteiger partial charge in [0.2, 0.25) is 0 Å². The van der Waals surface area contributed by atoms with Crippen LogP contribution < -0.4 is 0 Å². The molecular weight excluding hydrogens is 200 g/mol. The molecule has 0 saturated carbocycles. The molecule has 16 heavy (non-hydrogen) atoms. The normalized spacial score (nSPS) is 21.4. The highest BCUT2D eigenvalue weighted by molar-refractivity contribution is 5.37. The SMILES string of the molecule is CC(C)(C)c1ccc2c(c1)C(O)COCC2. The first-order valence-corrected chi connectivity index (χ1v) is 5.87. The van der Waals surface area contributed by atoms with E-state index in [0.717, 1.165) is 12.0 Å². The summed E-state index contributed by atoms with van der Waals surface area (Å²) >= 11 is 0. The van der Waals surface area contributed by atoms with Crippen molar-refractivity contribution in [2.75, 3.05) is 13.2 Å². The summed E-state index contributed by atoms with van der Waals surface area (Å²) in [6.07, 6.45) is 0.427. The maximum atomic E-state index is 10.0. The van der Waals surface area contributed by atoms with Gasteiger partial charge in [-0.1, -0.05) is 39.0 Å². The highest BCUT2D eigenvalue weighted by Gasteiger charge is 2.20. The molecule has 1 N–H and O–H groups in total. The van der Waals surface area contributed by atoms with Crippen LogP contribution in [0.25, 0.3) is 0 Å². The van der Waals surface area contributed by atoms with Crippen LogP contribution in [0.1, 0.15) is 43.6 Å². The fraction of sp³-hybridized carbons (Fsp3) is 0.571. The third-order valence-corrected chi connectivity index (χ3v) is 3.16. The summed E-state index contributed by atoms with van der Waals surface area (Å²) in [4.78, 5) is 0. The van der Waals surface area contributed by atoms with Crippen LogP contribution in [0.15, 0.2) is 18.2 Å². The van der Waals surface area contributed by atoms with Gasteiger partial charge in [0.15, 0.2) is 0 Å². The Hall–Kier alpha value is -0.860. The Balaban J connectivity index is 2.43. The quantitative estimate of drug-likeness (QED) is 0.728. The van der Waals surface area contributed by atoms with Crippen LogP contribution in [0.2, 0.25) is 0 Å². The van der Waals surface area contributed by atoms with Crippen LogP contribution in [-0.2, 0) is 16.6 Å². The van der Waals surface area contributed by atoms with Crippen molar-refractivity contribution in [2.45, 2.75) is 38.7 Å². The summed E-state index contributed by atoms with van der Waals surface area (Å²) in [5.74, 6) is 0. The fourth-order valence-electron chi connectivity index (χ4n) is 2.07. The van der Waals surface area contributed by atoms with Gasteiger partial charge in [0.1, 0.15) is 6.10 Å². The fourth-order valence-corrected chi connectivity index (χ4v) is 2.07. The van der Waals surface area contributed by atoms with Gasteiger partial charge in [0.05, 0.1) is 13.2 Å². The summed E-state index contributed by atoms with van der Waals surface area (Å²) in [6.45, 7) is 7.69. The van der Waals surface area contributed by atoms with Crippen LogP contribution in [0.3, 0.4) is 0 Å². The van der Waals surface area contributed by atoms with E-state index in [0.29, 0.717) is 13.2 Å². The largest absolute Gasteiger partial charge is 0.386 e. The Morgan fingerprint density at radius 2 is 2.06 bits per heavy atom. The van der Waals surface area contributed by atoms with E-state index in [2.05, 4.69) is 39.0 Å². The van der Waals surface area contributed by atoms with E-state index in [-0.39, 0.29) is 5.41 Å². The minimum absolute atomic E-state index is 0.127. The molecule has 0 fully saturated rings. The molecule has 1 unspecified atom stereocenters. The van der Waals surface area contributed by atoms with Crippen LogP contribution in [-0.4, -0.2) is 18.3 Å². The van der Waals surface area contributed by atoms with Gasteiger partial charge >= 0.3 is 0 Å². The Bertz CT molecular complexity index is 377. The lowest BCUT2D eigenvalue weighted by Gasteiger charge is -2.22. The van der Waals surface area contributed by atoms with Crippen LogP contribution in [0, 0.1) is 0 Å². The molecule has 2 nitrogen and oxygen atoms in total. The van der Waals surface area contributed by atoms with E-state index in [4.69, 9.17) is 4.74 Å². The van der Waals surface area contributed by atoms with Crippen molar-refractivity contribution in [2.24, 2.45) is 0 Å². The minimum Gasteiger partial charge on any atom is -0.386 e.